The van der Waals surface area contributed by atoms with E-state index in [0.717, 1.165) is 11.3 Å². The van der Waals surface area contributed by atoms with Crippen LogP contribution in [0.5, 0.6) is 5.75 Å². The van der Waals surface area contributed by atoms with Crippen LogP contribution in [0.4, 0.5) is 0 Å². The van der Waals surface area contributed by atoms with Crippen LogP contribution in [0.1, 0.15) is 52.5 Å². The van der Waals surface area contributed by atoms with E-state index in [1.54, 1.807) is 21.0 Å². The van der Waals surface area contributed by atoms with Crippen LogP contribution in [-0.4, -0.2) is 49.0 Å². The van der Waals surface area contributed by atoms with Gasteiger partial charge in [-0.05, 0) is 55.2 Å². The maximum absolute atomic E-state index is 13.1. The first-order valence-electron chi connectivity index (χ1n) is 12.0. The Bertz CT molecular complexity index is 926. The van der Waals surface area contributed by atoms with Gasteiger partial charge in [0.25, 0.3) is 11.8 Å². The van der Waals surface area contributed by atoms with Crippen LogP contribution in [-0.2, 0) is 30.3 Å². The third kappa shape index (κ3) is 8.42. The van der Waals surface area contributed by atoms with Crippen LogP contribution >= 0.6 is 0 Å². The zero-order chi connectivity index (χ0) is 26.1. The number of rotatable bonds is 8. The Morgan fingerprint density at radius 3 is 2.20 bits per heavy atom. The number of carbonyl (C=O) groups is 4. The molecule has 3 atom stereocenters. The van der Waals surface area contributed by atoms with Crippen molar-refractivity contribution in [2.24, 2.45) is 11.8 Å². The zero-order valence-corrected chi connectivity index (χ0v) is 21.2. The molecule has 0 radical (unpaired) electrons. The number of methoxy groups -OCH3 is 1. The van der Waals surface area contributed by atoms with E-state index in [9.17, 15) is 19.2 Å². The minimum absolute atomic E-state index is 0.0741. The normalized spacial score (nSPS) is 22.0. The third-order valence-electron chi connectivity index (χ3n) is 5.70. The summed E-state index contributed by atoms with van der Waals surface area (Å²) in [5.74, 6) is -1.99. The number of hydrogen-bond donors (Lipinski definition) is 3. The van der Waals surface area contributed by atoms with Gasteiger partial charge in [-0.25, -0.2) is 4.79 Å². The van der Waals surface area contributed by atoms with E-state index in [-0.39, 0.29) is 17.5 Å². The summed E-state index contributed by atoms with van der Waals surface area (Å²) in [6.07, 6.45) is 0.782. The summed E-state index contributed by atoms with van der Waals surface area (Å²) < 4.78 is 10.7. The first kappa shape index (κ1) is 27.9. The molecule has 9 nitrogen and oxygen atoms in total. The van der Waals surface area contributed by atoms with Crippen LogP contribution in [0.3, 0.4) is 0 Å². The van der Waals surface area contributed by atoms with E-state index in [1.807, 2.05) is 38.1 Å². The van der Waals surface area contributed by atoms with Gasteiger partial charge in [-0.3, -0.25) is 14.4 Å². The highest BCUT2D eigenvalue weighted by molar-refractivity contribution is 6.01. The van der Waals surface area contributed by atoms with E-state index in [2.05, 4.69) is 22.5 Å². The standard InChI is InChI=1S/C26H37N3O6/c1-15(2)14-21-26(33)35-22(16(3)4)25(32)28-20(24(31)27-17(5)23(30)29-21)9-7-8-18-10-12-19(34-6)13-11-18/h10-13,15-16,20-22H,5,7-9,14H2,1-4,6H3,(H,27,31)(H,28,32)(H,29,30)/t20-,21-,22-/m0/s1. The van der Waals surface area contributed by atoms with Crippen LogP contribution in [0.2, 0.25) is 0 Å². The molecule has 0 aromatic heterocycles. The van der Waals surface area contributed by atoms with Crippen molar-refractivity contribution in [2.45, 2.75) is 71.6 Å². The SMILES string of the molecule is C=C1NC(=O)[C@H](CCCc2ccc(OC)cc2)NC(=O)[C@H](C(C)C)OC(=O)[C@H](CC(C)C)NC1=O. The highest BCUT2D eigenvalue weighted by Crippen LogP contribution is 2.16. The van der Waals surface area contributed by atoms with Crippen LogP contribution < -0.4 is 20.7 Å². The molecule has 0 saturated carbocycles. The predicted octanol–water partition coefficient (Wildman–Crippen LogP) is 2.24. The molecule has 192 valence electrons. The molecule has 0 spiro atoms. The summed E-state index contributed by atoms with van der Waals surface area (Å²) in [6.45, 7) is 10.9. The predicted molar refractivity (Wildman–Crippen MR) is 131 cm³/mol. The molecule has 1 aliphatic heterocycles. The van der Waals surface area contributed by atoms with Crippen molar-refractivity contribution in [3.8, 4) is 5.75 Å². The number of benzene rings is 1. The molecule has 9 heteroatoms. The van der Waals surface area contributed by atoms with E-state index in [4.69, 9.17) is 9.47 Å². The lowest BCUT2D eigenvalue weighted by Crippen LogP contribution is -2.55. The topological polar surface area (TPSA) is 123 Å². The van der Waals surface area contributed by atoms with E-state index in [0.29, 0.717) is 25.7 Å². The molecule has 3 N–H and O–H groups in total. The molecule has 1 saturated heterocycles. The van der Waals surface area contributed by atoms with Crippen molar-refractivity contribution in [2.75, 3.05) is 7.11 Å². The van der Waals surface area contributed by atoms with Crippen molar-refractivity contribution < 1.29 is 28.7 Å². The molecule has 1 aromatic rings. The van der Waals surface area contributed by atoms with Gasteiger partial charge in [0.1, 0.15) is 17.8 Å². The maximum Gasteiger partial charge on any atom is 0.329 e. The summed E-state index contributed by atoms with van der Waals surface area (Å²) in [6, 6.07) is 5.69. The molecule has 35 heavy (non-hydrogen) atoms. The van der Waals surface area contributed by atoms with Crippen molar-refractivity contribution in [3.63, 3.8) is 0 Å². The Morgan fingerprint density at radius 2 is 1.63 bits per heavy atom. The van der Waals surface area contributed by atoms with Crippen LogP contribution in [0.15, 0.2) is 36.5 Å². The molecule has 3 amide bonds. The maximum atomic E-state index is 13.1. The second kappa shape index (κ2) is 12.9. The number of esters is 1. The lowest BCUT2D eigenvalue weighted by molar-refractivity contribution is -0.162. The molecule has 1 heterocycles. The monoisotopic (exact) mass is 487 g/mol. The third-order valence-corrected chi connectivity index (χ3v) is 5.70. The lowest BCUT2D eigenvalue weighted by atomic mass is 10.0. The average molecular weight is 488 g/mol. The Morgan fingerprint density at radius 1 is 0.971 bits per heavy atom. The van der Waals surface area contributed by atoms with E-state index < -0.39 is 41.9 Å². The summed E-state index contributed by atoms with van der Waals surface area (Å²) in [5, 5.41) is 7.78. The number of amides is 3. The lowest BCUT2D eigenvalue weighted by Gasteiger charge is -2.28. The van der Waals surface area contributed by atoms with Gasteiger partial charge in [-0.2, -0.15) is 0 Å². The fourth-order valence-corrected chi connectivity index (χ4v) is 3.75. The minimum atomic E-state index is -1.10. The largest absolute Gasteiger partial charge is 0.497 e. The quantitative estimate of drug-likeness (QED) is 0.382. The second-order valence-electron chi connectivity index (χ2n) is 9.53. The molecular weight excluding hydrogens is 450 g/mol. The summed E-state index contributed by atoms with van der Waals surface area (Å²) in [4.78, 5) is 51.5. The van der Waals surface area contributed by atoms with Crippen LogP contribution in [0, 0.1) is 11.8 Å². The number of nitrogens with one attached hydrogen (secondary N) is 3. The molecule has 1 aromatic carbocycles. The molecule has 0 unspecified atom stereocenters. The molecule has 1 fully saturated rings. The molecule has 2 rings (SSSR count). The van der Waals surface area contributed by atoms with Gasteiger partial charge in [-0.15, -0.1) is 0 Å². The first-order chi connectivity index (χ1) is 16.5. The summed E-state index contributed by atoms with van der Waals surface area (Å²) in [5.41, 5.74) is 0.853. The molecule has 1 aliphatic rings. The van der Waals surface area contributed by atoms with Gasteiger partial charge in [0.05, 0.1) is 12.8 Å². The van der Waals surface area contributed by atoms with Gasteiger partial charge < -0.3 is 25.4 Å². The Hall–Kier alpha value is -3.36. The van der Waals surface area contributed by atoms with E-state index in [1.165, 1.54) is 0 Å². The number of cyclic esters (lactones) is 1. The van der Waals surface area contributed by atoms with Crippen molar-refractivity contribution in [1.29, 1.82) is 0 Å². The van der Waals surface area contributed by atoms with Gasteiger partial charge in [0.2, 0.25) is 5.91 Å². The Labute approximate surface area is 207 Å². The minimum Gasteiger partial charge on any atom is -0.497 e. The number of carbonyl (C=O) groups excluding carboxylic acids is 4. The highest BCUT2D eigenvalue weighted by Gasteiger charge is 2.35. The highest BCUT2D eigenvalue weighted by atomic mass is 16.5. The van der Waals surface area contributed by atoms with E-state index >= 15 is 0 Å². The van der Waals surface area contributed by atoms with Gasteiger partial charge in [0, 0.05) is 0 Å². The fraction of sp³-hybridized carbons (Fsp3) is 0.538. The molecular formula is C26H37N3O6. The smallest absolute Gasteiger partial charge is 0.329 e. The first-order valence-corrected chi connectivity index (χ1v) is 12.0. The second-order valence-corrected chi connectivity index (χ2v) is 9.53. The van der Waals surface area contributed by atoms with Crippen molar-refractivity contribution >= 4 is 23.7 Å². The Balaban J connectivity index is 2.20. The molecule has 0 bridgehead atoms. The summed E-state index contributed by atoms with van der Waals surface area (Å²) >= 11 is 0. The fourth-order valence-electron chi connectivity index (χ4n) is 3.75. The average Bonchev–Trinajstić information content (AvgIpc) is 2.80. The zero-order valence-electron chi connectivity index (χ0n) is 21.2. The summed E-state index contributed by atoms with van der Waals surface area (Å²) in [7, 11) is 1.60. The Kier molecular flexibility index (Phi) is 10.3. The number of hydrogen-bond acceptors (Lipinski definition) is 6. The van der Waals surface area contributed by atoms with Crippen molar-refractivity contribution in [1.82, 2.24) is 16.0 Å². The van der Waals surface area contributed by atoms with Crippen molar-refractivity contribution in [3.05, 3.63) is 42.1 Å². The van der Waals surface area contributed by atoms with Gasteiger partial charge in [-0.1, -0.05) is 46.4 Å². The molecule has 0 aliphatic carbocycles. The van der Waals surface area contributed by atoms with Crippen LogP contribution in [0.25, 0.3) is 0 Å². The number of aryl methyl sites for hydroxylation is 1. The number of ether oxygens (including phenoxy) is 2. The van der Waals surface area contributed by atoms with Gasteiger partial charge in [0.15, 0.2) is 6.10 Å². The van der Waals surface area contributed by atoms with Gasteiger partial charge >= 0.3 is 5.97 Å².